The van der Waals surface area contributed by atoms with Crippen LogP contribution >= 0.6 is 11.6 Å². The first-order chi connectivity index (χ1) is 8.92. The topological polar surface area (TPSA) is 110 Å². The minimum absolute atomic E-state index is 0.00587. The van der Waals surface area contributed by atoms with Crippen molar-refractivity contribution in [1.82, 2.24) is 4.90 Å². The molecule has 104 valence electrons. The number of likely N-dealkylation sites (N-methyl/N-ethyl adjacent to an activating group) is 1. The number of nitro benzene ring substituents is 1. The maximum atomic E-state index is 12.2. The fourth-order valence-electron chi connectivity index (χ4n) is 1.58. The molecule has 0 saturated heterocycles. The number of nitrogen functional groups attached to an aromatic ring is 1. The average Bonchev–Trinajstić information content (AvgIpc) is 2.37. The summed E-state index contributed by atoms with van der Waals surface area (Å²) >= 11 is 5.78. The molecule has 0 spiro atoms. The van der Waals surface area contributed by atoms with Gasteiger partial charge < -0.3 is 15.7 Å². The van der Waals surface area contributed by atoms with Crippen molar-refractivity contribution in [3.8, 4) is 0 Å². The van der Waals surface area contributed by atoms with Gasteiger partial charge >= 0.3 is 0 Å². The Morgan fingerprint density at radius 3 is 2.68 bits per heavy atom. The SMILES string of the molecule is CCN(CCO)C(=O)c1cc([N+](=O)[O-])cc(Cl)c1N. The van der Waals surface area contributed by atoms with Crippen LogP contribution in [-0.4, -0.2) is 40.5 Å². The monoisotopic (exact) mass is 287 g/mol. The Morgan fingerprint density at radius 1 is 1.58 bits per heavy atom. The molecular weight excluding hydrogens is 274 g/mol. The Bertz CT molecular complexity index is 507. The maximum Gasteiger partial charge on any atom is 0.271 e. The highest BCUT2D eigenvalue weighted by atomic mass is 35.5. The predicted octanol–water partition coefficient (Wildman–Crippen LogP) is 1.28. The highest BCUT2D eigenvalue weighted by molar-refractivity contribution is 6.34. The fraction of sp³-hybridized carbons (Fsp3) is 0.364. The number of hydrogen-bond acceptors (Lipinski definition) is 5. The van der Waals surface area contributed by atoms with Crippen LogP contribution in [0.3, 0.4) is 0 Å². The summed E-state index contributed by atoms with van der Waals surface area (Å²) in [6, 6.07) is 2.18. The number of aliphatic hydroxyl groups is 1. The van der Waals surface area contributed by atoms with E-state index >= 15 is 0 Å². The number of amides is 1. The van der Waals surface area contributed by atoms with Crippen molar-refractivity contribution in [2.75, 3.05) is 25.4 Å². The second kappa shape index (κ2) is 6.35. The van der Waals surface area contributed by atoms with Gasteiger partial charge in [0.2, 0.25) is 0 Å². The lowest BCUT2D eigenvalue weighted by molar-refractivity contribution is -0.384. The molecule has 8 heteroatoms. The molecule has 1 aromatic carbocycles. The number of anilines is 1. The van der Waals surface area contributed by atoms with Crippen LogP contribution in [0.4, 0.5) is 11.4 Å². The van der Waals surface area contributed by atoms with Crippen LogP contribution in [-0.2, 0) is 0 Å². The summed E-state index contributed by atoms with van der Waals surface area (Å²) in [4.78, 5) is 23.6. The number of nitrogens with zero attached hydrogens (tertiary/aromatic N) is 2. The summed E-state index contributed by atoms with van der Waals surface area (Å²) < 4.78 is 0. The molecule has 0 aliphatic heterocycles. The van der Waals surface area contributed by atoms with Crippen LogP contribution in [0.5, 0.6) is 0 Å². The van der Waals surface area contributed by atoms with Crippen LogP contribution in [0.15, 0.2) is 12.1 Å². The van der Waals surface area contributed by atoms with E-state index in [4.69, 9.17) is 22.4 Å². The molecule has 0 radical (unpaired) electrons. The molecule has 0 saturated carbocycles. The molecule has 3 N–H and O–H groups in total. The zero-order chi connectivity index (χ0) is 14.6. The molecule has 1 amide bonds. The summed E-state index contributed by atoms with van der Waals surface area (Å²) in [7, 11) is 0. The number of nitrogens with two attached hydrogens (primary N) is 1. The summed E-state index contributed by atoms with van der Waals surface area (Å²) in [5, 5.41) is 19.6. The first-order valence-corrected chi connectivity index (χ1v) is 5.93. The van der Waals surface area contributed by atoms with Crippen LogP contribution in [0.1, 0.15) is 17.3 Å². The first kappa shape index (κ1) is 15.2. The van der Waals surface area contributed by atoms with Crippen LogP contribution in [0, 0.1) is 10.1 Å². The van der Waals surface area contributed by atoms with Crippen molar-refractivity contribution in [1.29, 1.82) is 0 Å². The summed E-state index contributed by atoms with van der Waals surface area (Å²) in [5.74, 6) is -0.500. The highest BCUT2D eigenvalue weighted by Gasteiger charge is 2.22. The number of carbonyl (C=O) groups excluding carboxylic acids is 1. The molecule has 0 fully saturated rings. The molecule has 1 rings (SSSR count). The fourth-order valence-corrected chi connectivity index (χ4v) is 1.79. The van der Waals surface area contributed by atoms with E-state index in [0.29, 0.717) is 6.54 Å². The smallest absolute Gasteiger partial charge is 0.271 e. The summed E-state index contributed by atoms with van der Waals surface area (Å²) in [6.45, 7) is 1.99. The zero-order valence-corrected chi connectivity index (χ0v) is 11.1. The van der Waals surface area contributed by atoms with Crippen molar-refractivity contribution in [3.05, 3.63) is 32.8 Å². The van der Waals surface area contributed by atoms with E-state index < -0.39 is 10.8 Å². The molecule has 0 aromatic heterocycles. The van der Waals surface area contributed by atoms with Gasteiger partial charge in [-0.25, -0.2) is 0 Å². The van der Waals surface area contributed by atoms with Gasteiger partial charge in [-0.05, 0) is 6.92 Å². The van der Waals surface area contributed by atoms with Crippen molar-refractivity contribution < 1.29 is 14.8 Å². The van der Waals surface area contributed by atoms with Crippen LogP contribution in [0.2, 0.25) is 5.02 Å². The third-order valence-corrected chi connectivity index (χ3v) is 2.91. The molecule has 0 heterocycles. The molecule has 7 nitrogen and oxygen atoms in total. The largest absolute Gasteiger partial charge is 0.397 e. The van der Waals surface area contributed by atoms with Crippen molar-refractivity contribution >= 4 is 28.9 Å². The molecule has 0 atom stereocenters. The van der Waals surface area contributed by atoms with Gasteiger partial charge in [0.1, 0.15) is 0 Å². The molecular formula is C11H14ClN3O4. The van der Waals surface area contributed by atoms with E-state index in [1.165, 1.54) is 4.90 Å². The second-order valence-electron chi connectivity index (χ2n) is 3.75. The number of hydrogen-bond donors (Lipinski definition) is 2. The van der Waals surface area contributed by atoms with E-state index in [9.17, 15) is 14.9 Å². The number of rotatable bonds is 5. The molecule has 0 unspecified atom stereocenters. The predicted molar refractivity (Wildman–Crippen MR) is 71.2 cm³/mol. The molecule has 0 aliphatic carbocycles. The minimum Gasteiger partial charge on any atom is -0.397 e. The van der Waals surface area contributed by atoms with Crippen molar-refractivity contribution in [2.24, 2.45) is 0 Å². The molecule has 19 heavy (non-hydrogen) atoms. The Labute approximate surface area is 114 Å². The lowest BCUT2D eigenvalue weighted by Gasteiger charge is -2.20. The first-order valence-electron chi connectivity index (χ1n) is 5.55. The molecule has 0 bridgehead atoms. The van der Waals surface area contributed by atoms with E-state index in [0.717, 1.165) is 12.1 Å². The van der Waals surface area contributed by atoms with Gasteiger partial charge in [0.05, 0.1) is 27.8 Å². The van der Waals surface area contributed by atoms with Gasteiger partial charge in [-0.15, -0.1) is 0 Å². The van der Waals surface area contributed by atoms with Gasteiger partial charge in [-0.3, -0.25) is 14.9 Å². The quantitative estimate of drug-likeness (QED) is 0.481. The Balaban J connectivity index is 3.25. The normalized spacial score (nSPS) is 10.3. The van der Waals surface area contributed by atoms with Gasteiger partial charge in [0.15, 0.2) is 0 Å². The Kier molecular flexibility index (Phi) is 5.08. The zero-order valence-electron chi connectivity index (χ0n) is 10.3. The maximum absolute atomic E-state index is 12.2. The van der Waals surface area contributed by atoms with Crippen molar-refractivity contribution in [2.45, 2.75) is 6.92 Å². The van der Waals surface area contributed by atoms with Crippen molar-refractivity contribution in [3.63, 3.8) is 0 Å². The van der Waals surface area contributed by atoms with Gasteiger partial charge in [-0.1, -0.05) is 11.6 Å². The van der Waals surface area contributed by atoms with Gasteiger partial charge in [0, 0.05) is 25.2 Å². The molecule has 1 aromatic rings. The number of aliphatic hydroxyl groups excluding tert-OH is 1. The summed E-state index contributed by atoms with van der Waals surface area (Å²) in [6.07, 6.45) is 0. The number of halogens is 1. The highest BCUT2D eigenvalue weighted by Crippen LogP contribution is 2.29. The summed E-state index contributed by atoms with van der Waals surface area (Å²) in [5.41, 5.74) is 5.33. The van der Waals surface area contributed by atoms with E-state index in [2.05, 4.69) is 0 Å². The lowest BCUT2D eigenvalue weighted by Crippen LogP contribution is -2.33. The van der Waals surface area contributed by atoms with E-state index in [1.807, 2.05) is 0 Å². The van der Waals surface area contributed by atoms with E-state index in [-0.39, 0.29) is 35.1 Å². The van der Waals surface area contributed by atoms with Crippen LogP contribution < -0.4 is 5.73 Å². The third kappa shape index (κ3) is 3.33. The number of non-ortho nitro benzene ring substituents is 1. The third-order valence-electron chi connectivity index (χ3n) is 2.59. The molecule has 0 aliphatic rings. The minimum atomic E-state index is -0.648. The van der Waals surface area contributed by atoms with Gasteiger partial charge in [-0.2, -0.15) is 0 Å². The standard InChI is InChI=1S/C11H14ClN3O4/c1-2-14(3-4-16)11(17)8-5-7(15(18)19)6-9(12)10(8)13/h5-6,16H,2-4,13H2,1H3. The van der Waals surface area contributed by atoms with Crippen LogP contribution in [0.25, 0.3) is 0 Å². The number of benzene rings is 1. The number of carbonyl (C=O) groups is 1. The Hall–Kier alpha value is -1.86. The second-order valence-corrected chi connectivity index (χ2v) is 4.16. The Morgan fingerprint density at radius 2 is 2.21 bits per heavy atom. The average molecular weight is 288 g/mol. The van der Waals surface area contributed by atoms with E-state index in [1.54, 1.807) is 6.92 Å². The number of nitro groups is 1. The van der Waals surface area contributed by atoms with Gasteiger partial charge in [0.25, 0.3) is 11.6 Å². The lowest BCUT2D eigenvalue weighted by atomic mass is 10.1.